The van der Waals surface area contributed by atoms with E-state index in [1.165, 1.54) is 22.3 Å². The first kappa shape index (κ1) is 12.2. The fourth-order valence-corrected chi connectivity index (χ4v) is 2.95. The lowest BCUT2D eigenvalue weighted by molar-refractivity contribution is 0.935. The number of hydrogen-bond donors (Lipinski definition) is 1. The summed E-state index contributed by atoms with van der Waals surface area (Å²) >= 11 is 3.48. The van der Waals surface area contributed by atoms with Crippen LogP contribution >= 0.6 is 15.9 Å². The lowest BCUT2D eigenvalue weighted by Crippen LogP contribution is -2.00. The van der Waals surface area contributed by atoms with Gasteiger partial charge in [-0.2, -0.15) is 0 Å². The molecule has 0 aliphatic carbocycles. The first-order valence-corrected chi connectivity index (χ1v) is 6.27. The van der Waals surface area contributed by atoms with Crippen LogP contribution in [0.2, 0.25) is 0 Å². The molecule has 0 saturated carbocycles. The summed E-state index contributed by atoms with van der Waals surface area (Å²) in [5, 5.41) is 0. The Morgan fingerprint density at radius 3 is 2.12 bits per heavy atom. The summed E-state index contributed by atoms with van der Waals surface area (Å²) < 4.78 is 2.71. The third-order valence-corrected chi connectivity index (χ3v) is 3.55. The van der Waals surface area contributed by atoms with Crippen LogP contribution in [0.1, 0.15) is 16.7 Å². The number of nitrogen functional groups attached to an aromatic ring is 1. The van der Waals surface area contributed by atoms with E-state index in [-0.39, 0.29) is 0 Å². The van der Waals surface area contributed by atoms with E-state index in [0.29, 0.717) is 5.95 Å². The minimum absolute atomic E-state index is 0.520. The SMILES string of the molecule is Cc1cc(C)c(-c2c(Br)nc(N)n2C)c(C)c1. The Labute approximate surface area is 110 Å². The molecule has 1 heterocycles. The monoisotopic (exact) mass is 293 g/mol. The van der Waals surface area contributed by atoms with Crippen molar-refractivity contribution in [2.45, 2.75) is 20.8 Å². The Bertz CT molecular complexity index is 562. The van der Waals surface area contributed by atoms with Gasteiger partial charge in [0.15, 0.2) is 0 Å². The summed E-state index contributed by atoms with van der Waals surface area (Å²) in [6, 6.07) is 4.36. The number of nitrogens with zero attached hydrogens (tertiary/aromatic N) is 2. The number of aromatic nitrogens is 2. The molecule has 0 aliphatic rings. The Kier molecular flexibility index (Phi) is 3.00. The van der Waals surface area contributed by atoms with E-state index in [2.05, 4.69) is 53.8 Å². The molecule has 4 heteroatoms. The molecule has 1 aromatic carbocycles. The van der Waals surface area contributed by atoms with E-state index >= 15 is 0 Å². The van der Waals surface area contributed by atoms with E-state index in [9.17, 15) is 0 Å². The molecule has 0 aliphatic heterocycles. The summed E-state index contributed by atoms with van der Waals surface area (Å²) in [5.41, 5.74) is 11.8. The zero-order chi connectivity index (χ0) is 12.7. The Balaban J connectivity index is 2.77. The normalized spacial score (nSPS) is 10.9. The van der Waals surface area contributed by atoms with Crippen LogP contribution in [0, 0.1) is 20.8 Å². The fourth-order valence-electron chi connectivity index (χ4n) is 2.31. The number of rotatable bonds is 1. The highest BCUT2D eigenvalue weighted by Crippen LogP contribution is 2.34. The van der Waals surface area contributed by atoms with Gasteiger partial charge in [0.1, 0.15) is 4.60 Å². The van der Waals surface area contributed by atoms with Crippen LogP contribution in [-0.2, 0) is 7.05 Å². The summed E-state index contributed by atoms with van der Waals surface area (Å²) in [7, 11) is 1.93. The number of halogens is 1. The van der Waals surface area contributed by atoms with Gasteiger partial charge in [-0.1, -0.05) is 17.7 Å². The van der Waals surface area contributed by atoms with Gasteiger partial charge in [-0.05, 0) is 47.8 Å². The molecular weight excluding hydrogens is 278 g/mol. The Morgan fingerprint density at radius 1 is 1.18 bits per heavy atom. The molecule has 0 unspecified atom stereocenters. The molecule has 2 N–H and O–H groups in total. The van der Waals surface area contributed by atoms with Crippen LogP contribution in [0.15, 0.2) is 16.7 Å². The molecular formula is C13H16BrN3. The third kappa shape index (κ3) is 1.97. The third-order valence-electron chi connectivity index (χ3n) is 3.00. The predicted octanol–water partition coefficient (Wildman–Crippen LogP) is 3.36. The molecule has 1 aromatic heterocycles. The first-order chi connectivity index (χ1) is 7.91. The Morgan fingerprint density at radius 2 is 1.71 bits per heavy atom. The van der Waals surface area contributed by atoms with Gasteiger partial charge in [0, 0.05) is 12.6 Å². The molecule has 0 atom stereocenters. The van der Waals surface area contributed by atoms with E-state index in [0.717, 1.165) is 10.3 Å². The van der Waals surface area contributed by atoms with Gasteiger partial charge in [0.2, 0.25) is 5.95 Å². The fraction of sp³-hybridized carbons (Fsp3) is 0.308. The van der Waals surface area contributed by atoms with Crippen LogP contribution in [-0.4, -0.2) is 9.55 Å². The molecule has 0 radical (unpaired) electrons. The van der Waals surface area contributed by atoms with Crippen molar-refractivity contribution in [1.82, 2.24) is 9.55 Å². The van der Waals surface area contributed by atoms with E-state index in [4.69, 9.17) is 5.73 Å². The highest BCUT2D eigenvalue weighted by atomic mass is 79.9. The minimum atomic E-state index is 0.520. The topological polar surface area (TPSA) is 43.8 Å². The van der Waals surface area contributed by atoms with Gasteiger partial charge < -0.3 is 10.3 Å². The van der Waals surface area contributed by atoms with Gasteiger partial charge in [0.05, 0.1) is 5.69 Å². The molecule has 90 valence electrons. The first-order valence-electron chi connectivity index (χ1n) is 5.47. The lowest BCUT2D eigenvalue weighted by Gasteiger charge is -2.12. The second-order valence-electron chi connectivity index (χ2n) is 4.44. The predicted molar refractivity (Wildman–Crippen MR) is 75.0 cm³/mol. The van der Waals surface area contributed by atoms with Crippen molar-refractivity contribution >= 4 is 21.9 Å². The average Bonchev–Trinajstić information content (AvgIpc) is 2.43. The van der Waals surface area contributed by atoms with Gasteiger partial charge >= 0.3 is 0 Å². The molecule has 17 heavy (non-hydrogen) atoms. The highest BCUT2D eigenvalue weighted by molar-refractivity contribution is 9.10. The minimum Gasteiger partial charge on any atom is -0.369 e. The largest absolute Gasteiger partial charge is 0.369 e. The average molecular weight is 294 g/mol. The number of nitrogens with two attached hydrogens (primary N) is 1. The van der Waals surface area contributed by atoms with Crippen molar-refractivity contribution in [1.29, 1.82) is 0 Å². The molecule has 3 nitrogen and oxygen atoms in total. The summed E-state index contributed by atoms with van der Waals surface area (Å²) in [5.74, 6) is 0.520. The zero-order valence-corrected chi connectivity index (χ0v) is 12.1. The van der Waals surface area contributed by atoms with E-state index in [1.807, 2.05) is 11.6 Å². The van der Waals surface area contributed by atoms with E-state index in [1.54, 1.807) is 0 Å². The lowest BCUT2D eigenvalue weighted by atomic mass is 9.98. The van der Waals surface area contributed by atoms with Crippen molar-refractivity contribution in [3.8, 4) is 11.3 Å². The summed E-state index contributed by atoms with van der Waals surface area (Å²) in [6.45, 7) is 6.34. The quantitative estimate of drug-likeness (QED) is 0.876. The number of anilines is 1. The molecule has 2 aromatic rings. The Hall–Kier alpha value is -1.29. The molecule has 0 fully saturated rings. The maximum Gasteiger partial charge on any atom is 0.201 e. The van der Waals surface area contributed by atoms with Crippen LogP contribution in [0.4, 0.5) is 5.95 Å². The second-order valence-corrected chi connectivity index (χ2v) is 5.19. The van der Waals surface area contributed by atoms with Crippen molar-refractivity contribution in [3.05, 3.63) is 33.4 Å². The molecule has 2 rings (SSSR count). The van der Waals surface area contributed by atoms with Gasteiger partial charge in [-0.3, -0.25) is 0 Å². The van der Waals surface area contributed by atoms with Crippen molar-refractivity contribution in [2.24, 2.45) is 7.05 Å². The van der Waals surface area contributed by atoms with Gasteiger partial charge in [-0.25, -0.2) is 4.98 Å². The number of aryl methyl sites for hydroxylation is 3. The van der Waals surface area contributed by atoms with Crippen LogP contribution < -0.4 is 5.73 Å². The van der Waals surface area contributed by atoms with Crippen molar-refractivity contribution < 1.29 is 0 Å². The number of imidazole rings is 1. The van der Waals surface area contributed by atoms with Gasteiger partial charge in [0.25, 0.3) is 0 Å². The highest BCUT2D eigenvalue weighted by Gasteiger charge is 2.16. The number of hydrogen-bond acceptors (Lipinski definition) is 2. The maximum atomic E-state index is 5.83. The van der Waals surface area contributed by atoms with E-state index < -0.39 is 0 Å². The standard InChI is InChI=1S/C13H16BrN3/c1-7-5-8(2)10(9(3)6-7)11-12(14)16-13(15)17(11)4/h5-6H,1-4H3,(H2,15,16). The van der Waals surface area contributed by atoms with Crippen molar-refractivity contribution in [3.63, 3.8) is 0 Å². The maximum absolute atomic E-state index is 5.83. The smallest absolute Gasteiger partial charge is 0.201 e. The molecule has 0 amide bonds. The van der Waals surface area contributed by atoms with Crippen LogP contribution in [0.5, 0.6) is 0 Å². The zero-order valence-electron chi connectivity index (χ0n) is 10.5. The summed E-state index contributed by atoms with van der Waals surface area (Å²) in [6.07, 6.45) is 0. The molecule has 0 spiro atoms. The molecule has 0 bridgehead atoms. The summed E-state index contributed by atoms with van der Waals surface area (Å²) in [4.78, 5) is 4.25. The second kappa shape index (κ2) is 4.18. The van der Waals surface area contributed by atoms with Crippen LogP contribution in [0.3, 0.4) is 0 Å². The molecule has 0 saturated heterocycles. The number of benzene rings is 1. The van der Waals surface area contributed by atoms with Gasteiger partial charge in [-0.15, -0.1) is 0 Å². The van der Waals surface area contributed by atoms with Crippen molar-refractivity contribution in [2.75, 3.05) is 5.73 Å². The van der Waals surface area contributed by atoms with Crippen LogP contribution in [0.25, 0.3) is 11.3 Å².